The molecule has 0 bridgehead atoms. The first-order valence-electron chi connectivity index (χ1n) is 12.7. The van der Waals surface area contributed by atoms with Crippen LogP contribution in [0.15, 0.2) is 48.5 Å². The van der Waals surface area contributed by atoms with E-state index in [1.807, 2.05) is 48.5 Å². The first-order valence-corrected chi connectivity index (χ1v) is 12.7. The normalized spacial score (nSPS) is 11.1. The molecule has 1 amide bonds. The van der Waals surface area contributed by atoms with E-state index in [4.69, 9.17) is 30.3 Å². The molecule has 2 aromatic carbocycles. The van der Waals surface area contributed by atoms with Gasteiger partial charge in [-0.1, -0.05) is 24.3 Å². The molecule has 0 saturated heterocycles. The fourth-order valence-electron chi connectivity index (χ4n) is 2.68. The Morgan fingerprint density at radius 1 is 0.732 bits per heavy atom. The molecule has 0 spiro atoms. The Bertz CT molecular complexity index is 1000. The quantitative estimate of drug-likeness (QED) is 0.131. The largest absolute Gasteiger partial charge is 0.497 e. The SMILES string of the molecule is CC(C)(N)C(=O)O.COC(=O)C(C)(C)NCc1ccc(OC)cc1.COc1ccc(CNC(C)(C)C(=O)NO)cc1. The van der Waals surface area contributed by atoms with Crippen LogP contribution in [0.3, 0.4) is 0 Å². The average molecular weight is 579 g/mol. The molecule has 0 atom stereocenters. The van der Waals surface area contributed by atoms with Crippen LogP contribution in [0.25, 0.3) is 0 Å². The first kappa shape index (κ1) is 37.3. The summed E-state index contributed by atoms with van der Waals surface area (Å²) in [5, 5.41) is 22.9. The van der Waals surface area contributed by atoms with E-state index in [9.17, 15) is 14.4 Å². The molecule has 0 aliphatic rings. The van der Waals surface area contributed by atoms with E-state index in [0.29, 0.717) is 13.1 Å². The summed E-state index contributed by atoms with van der Waals surface area (Å²) in [6.45, 7) is 11.0. The molecule has 0 aliphatic heterocycles. The second-order valence-corrected chi connectivity index (χ2v) is 10.6. The van der Waals surface area contributed by atoms with Crippen LogP contribution in [-0.2, 0) is 32.2 Å². The zero-order valence-corrected chi connectivity index (χ0v) is 25.5. The van der Waals surface area contributed by atoms with Crippen molar-refractivity contribution in [1.82, 2.24) is 16.1 Å². The van der Waals surface area contributed by atoms with Gasteiger partial charge in [0.25, 0.3) is 5.91 Å². The fourth-order valence-corrected chi connectivity index (χ4v) is 2.68. The predicted octanol–water partition coefficient (Wildman–Crippen LogP) is 2.61. The van der Waals surface area contributed by atoms with Crippen LogP contribution in [0.2, 0.25) is 0 Å². The predicted molar refractivity (Wildman–Crippen MR) is 156 cm³/mol. The number of carboxylic acids is 1. The van der Waals surface area contributed by atoms with Gasteiger partial charge in [0.15, 0.2) is 0 Å². The number of aliphatic carboxylic acids is 1. The first-order chi connectivity index (χ1) is 18.9. The number of hydrogen-bond acceptors (Lipinski definition) is 10. The molecule has 0 fully saturated rings. The zero-order valence-electron chi connectivity index (χ0n) is 25.5. The van der Waals surface area contributed by atoms with Gasteiger partial charge in [0, 0.05) is 13.1 Å². The third-order valence-corrected chi connectivity index (χ3v) is 5.70. The number of esters is 1. The smallest absolute Gasteiger partial charge is 0.325 e. The summed E-state index contributed by atoms with van der Waals surface area (Å²) in [5.41, 5.74) is 6.24. The van der Waals surface area contributed by atoms with Crippen LogP contribution in [0.1, 0.15) is 52.7 Å². The second kappa shape index (κ2) is 17.2. The highest BCUT2D eigenvalue weighted by Gasteiger charge is 2.28. The Morgan fingerprint density at radius 2 is 1.07 bits per heavy atom. The van der Waals surface area contributed by atoms with Gasteiger partial charge >= 0.3 is 11.9 Å². The molecule has 230 valence electrons. The molecule has 12 heteroatoms. The van der Waals surface area contributed by atoms with Gasteiger partial charge in [-0.3, -0.25) is 30.2 Å². The van der Waals surface area contributed by atoms with E-state index >= 15 is 0 Å². The van der Waals surface area contributed by atoms with Gasteiger partial charge in [0.2, 0.25) is 0 Å². The minimum atomic E-state index is -1.08. The van der Waals surface area contributed by atoms with Crippen molar-refractivity contribution in [1.29, 1.82) is 0 Å². The molecule has 2 aromatic rings. The molecule has 0 radical (unpaired) electrons. The lowest BCUT2D eigenvalue weighted by atomic mass is 10.0. The van der Waals surface area contributed by atoms with Crippen molar-refractivity contribution in [3.8, 4) is 11.5 Å². The Balaban J connectivity index is 0.000000637. The van der Waals surface area contributed by atoms with E-state index in [1.54, 1.807) is 47.4 Å². The van der Waals surface area contributed by atoms with E-state index in [1.165, 1.54) is 21.0 Å². The number of methoxy groups -OCH3 is 3. The topological polar surface area (TPSA) is 181 Å². The number of nitrogens with one attached hydrogen (secondary N) is 3. The van der Waals surface area contributed by atoms with E-state index < -0.39 is 28.5 Å². The van der Waals surface area contributed by atoms with Crippen LogP contribution < -0.4 is 31.3 Å². The molecule has 7 N–H and O–H groups in total. The summed E-state index contributed by atoms with van der Waals surface area (Å²) in [6.07, 6.45) is 0. The summed E-state index contributed by atoms with van der Waals surface area (Å²) in [7, 11) is 4.63. The van der Waals surface area contributed by atoms with E-state index in [-0.39, 0.29) is 5.97 Å². The van der Waals surface area contributed by atoms with Crippen molar-refractivity contribution in [3.05, 3.63) is 59.7 Å². The number of rotatable bonds is 11. The summed E-state index contributed by atoms with van der Waals surface area (Å²) in [6, 6.07) is 15.2. The van der Waals surface area contributed by atoms with Crippen LogP contribution in [0.4, 0.5) is 0 Å². The van der Waals surface area contributed by atoms with Gasteiger partial charge in [0.1, 0.15) is 22.6 Å². The van der Waals surface area contributed by atoms with Gasteiger partial charge in [-0.05, 0) is 76.9 Å². The van der Waals surface area contributed by atoms with Crippen molar-refractivity contribution >= 4 is 17.8 Å². The standard InChI is InChI=1S/C13H19NO3.C12H18N2O3.C4H9NO2/c1-13(2,12(15)17-4)14-9-10-5-7-11(16-3)8-6-10;1-12(2,11(15)14-16)13-8-9-4-6-10(17-3)7-5-9;1-4(2,5)3(6)7/h5-8,14H,9H2,1-4H3;4-7,13,16H,8H2,1-3H3,(H,14,15);5H2,1-2H3,(H,6,7). The zero-order chi connectivity index (χ0) is 31.9. The van der Waals surface area contributed by atoms with Gasteiger partial charge in [-0.25, -0.2) is 5.48 Å². The fraction of sp³-hybridized carbons (Fsp3) is 0.483. The van der Waals surface area contributed by atoms with Crippen molar-refractivity contribution in [2.45, 2.75) is 71.2 Å². The molecule has 0 unspecified atom stereocenters. The van der Waals surface area contributed by atoms with Crippen molar-refractivity contribution in [2.75, 3.05) is 21.3 Å². The summed E-state index contributed by atoms with van der Waals surface area (Å²) in [5.74, 6) is -0.105. The summed E-state index contributed by atoms with van der Waals surface area (Å²) < 4.78 is 14.8. The maximum absolute atomic E-state index is 11.5. The Labute approximate surface area is 242 Å². The molecular formula is C29H46N4O8. The molecule has 0 heterocycles. The number of amides is 1. The Morgan fingerprint density at radius 3 is 1.34 bits per heavy atom. The third kappa shape index (κ3) is 14.5. The highest BCUT2D eigenvalue weighted by Crippen LogP contribution is 2.14. The molecule has 2 rings (SSSR count). The summed E-state index contributed by atoms with van der Waals surface area (Å²) in [4.78, 5) is 32.7. The minimum Gasteiger partial charge on any atom is -0.497 e. The highest BCUT2D eigenvalue weighted by molar-refractivity contribution is 5.84. The lowest BCUT2D eigenvalue weighted by molar-refractivity contribution is -0.147. The number of benzene rings is 2. The second-order valence-electron chi connectivity index (χ2n) is 10.6. The van der Waals surface area contributed by atoms with Crippen LogP contribution in [-0.4, -0.2) is 66.1 Å². The Hall–Kier alpha value is -3.71. The number of carbonyl (C=O) groups is 3. The van der Waals surface area contributed by atoms with Gasteiger partial charge in [-0.2, -0.15) is 0 Å². The molecule has 12 nitrogen and oxygen atoms in total. The summed E-state index contributed by atoms with van der Waals surface area (Å²) >= 11 is 0. The van der Waals surface area contributed by atoms with Crippen molar-refractivity contribution in [2.24, 2.45) is 5.73 Å². The maximum Gasteiger partial charge on any atom is 0.325 e. The monoisotopic (exact) mass is 578 g/mol. The van der Waals surface area contributed by atoms with Crippen molar-refractivity contribution in [3.63, 3.8) is 0 Å². The minimum absolute atomic E-state index is 0.272. The van der Waals surface area contributed by atoms with Gasteiger partial charge in [0.05, 0.1) is 26.9 Å². The average Bonchev–Trinajstić information content (AvgIpc) is 2.94. The molecule has 0 aliphatic carbocycles. The van der Waals surface area contributed by atoms with E-state index in [2.05, 4.69) is 10.6 Å². The van der Waals surface area contributed by atoms with Gasteiger partial charge < -0.3 is 25.1 Å². The molecule has 0 aromatic heterocycles. The lowest BCUT2D eigenvalue weighted by Gasteiger charge is -2.23. The van der Waals surface area contributed by atoms with E-state index in [0.717, 1.165) is 22.6 Å². The Kier molecular flexibility index (Phi) is 15.6. The third-order valence-electron chi connectivity index (χ3n) is 5.70. The molecule has 41 heavy (non-hydrogen) atoms. The molecular weight excluding hydrogens is 532 g/mol. The highest BCUT2D eigenvalue weighted by atomic mass is 16.5. The van der Waals surface area contributed by atoms with Crippen LogP contribution in [0, 0.1) is 0 Å². The number of carbonyl (C=O) groups excluding carboxylic acids is 2. The maximum atomic E-state index is 11.5. The number of nitrogens with two attached hydrogens (primary N) is 1. The van der Waals surface area contributed by atoms with Crippen molar-refractivity contribution < 1.29 is 38.9 Å². The molecule has 0 saturated carbocycles. The number of carboxylic acid groups (broad SMARTS) is 1. The number of hydrogen-bond donors (Lipinski definition) is 6. The van der Waals surface area contributed by atoms with Gasteiger partial charge in [-0.15, -0.1) is 0 Å². The number of ether oxygens (including phenoxy) is 3. The van der Waals surface area contributed by atoms with Crippen LogP contribution in [0.5, 0.6) is 11.5 Å². The number of hydroxylamine groups is 1. The lowest BCUT2D eigenvalue weighted by Crippen LogP contribution is -2.51. The van der Waals surface area contributed by atoms with Crippen LogP contribution >= 0.6 is 0 Å².